The second-order valence-electron chi connectivity index (χ2n) is 6.68. The summed E-state index contributed by atoms with van der Waals surface area (Å²) in [6.45, 7) is 2.33. The van der Waals surface area contributed by atoms with Crippen molar-refractivity contribution in [3.63, 3.8) is 0 Å². The number of nitrogens with zero attached hydrogens (tertiary/aromatic N) is 5. The van der Waals surface area contributed by atoms with Gasteiger partial charge >= 0.3 is 6.18 Å². The zero-order chi connectivity index (χ0) is 20.4. The first-order chi connectivity index (χ1) is 13.9. The number of anilines is 1. The molecule has 0 unspecified atom stereocenters. The second-order valence-corrected chi connectivity index (χ2v) is 6.68. The smallest absolute Gasteiger partial charge is 0.368 e. The Hall–Kier alpha value is -3.36. The lowest BCUT2D eigenvalue weighted by Crippen LogP contribution is -2.48. The van der Waals surface area contributed by atoms with Crippen LogP contribution in [-0.4, -0.2) is 52.0 Å². The topological polar surface area (TPSA) is 54.3 Å². The summed E-state index contributed by atoms with van der Waals surface area (Å²) in [5.74, 6) is -0.339. The minimum absolute atomic E-state index is 0.0233. The zero-order valence-electron chi connectivity index (χ0n) is 15.4. The van der Waals surface area contributed by atoms with Crippen molar-refractivity contribution in [1.29, 1.82) is 0 Å². The molecule has 6 nitrogen and oxygen atoms in total. The van der Waals surface area contributed by atoms with Crippen LogP contribution < -0.4 is 4.90 Å². The zero-order valence-corrected chi connectivity index (χ0v) is 15.4. The lowest BCUT2D eigenvalue weighted by Gasteiger charge is -2.35. The molecule has 1 aliphatic heterocycles. The van der Waals surface area contributed by atoms with Crippen molar-refractivity contribution < 1.29 is 18.0 Å². The SMILES string of the molecule is O=C(c1cn(-c2ccccc2C(F)(F)F)nn1)N1CCN(c2ccccc2)CC1. The van der Waals surface area contributed by atoms with Gasteiger partial charge < -0.3 is 9.80 Å². The van der Waals surface area contributed by atoms with E-state index in [9.17, 15) is 18.0 Å². The lowest BCUT2D eigenvalue weighted by atomic mass is 10.1. The lowest BCUT2D eigenvalue weighted by molar-refractivity contribution is -0.137. The highest BCUT2D eigenvalue weighted by Gasteiger charge is 2.34. The van der Waals surface area contributed by atoms with Gasteiger partial charge in [0.1, 0.15) is 0 Å². The van der Waals surface area contributed by atoms with Crippen LogP contribution in [0.2, 0.25) is 0 Å². The Balaban J connectivity index is 1.48. The number of halogens is 3. The first-order valence-corrected chi connectivity index (χ1v) is 9.12. The number of amides is 1. The van der Waals surface area contributed by atoms with Gasteiger partial charge in [-0.3, -0.25) is 4.79 Å². The molecule has 0 bridgehead atoms. The number of alkyl halides is 3. The number of para-hydroxylation sites is 2. The van der Waals surface area contributed by atoms with Gasteiger partial charge in [0.2, 0.25) is 0 Å². The molecule has 3 aromatic rings. The van der Waals surface area contributed by atoms with E-state index in [-0.39, 0.29) is 17.3 Å². The first-order valence-electron chi connectivity index (χ1n) is 9.12. The molecule has 29 heavy (non-hydrogen) atoms. The molecule has 1 aliphatic rings. The molecule has 2 heterocycles. The first kappa shape index (κ1) is 19.0. The summed E-state index contributed by atoms with van der Waals surface area (Å²) in [4.78, 5) is 16.6. The molecule has 1 aromatic heterocycles. The molecule has 1 amide bonds. The Kier molecular flexibility index (Phi) is 4.96. The average Bonchev–Trinajstić information content (AvgIpc) is 3.23. The molecule has 1 fully saturated rings. The van der Waals surface area contributed by atoms with Crippen LogP contribution in [0, 0.1) is 0 Å². The Bertz CT molecular complexity index is 995. The van der Waals surface area contributed by atoms with E-state index in [0.29, 0.717) is 26.2 Å². The number of carbonyl (C=O) groups is 1. The molecular weight excluding hydrogens is 383 g/mol. The summed E-state index contributed by atoms with van der Waals surface area (Å²) < 4.78 is 40.7. The third-order valence-corrected chi connectivity index (χ3v) is 4.86. The van der Waals surface area contributed by atoms with Crippen LogP contribution in [0.4, 0.5) is 18.9 Å². The highest BCUT2D eigenvalue weighted by molar-refractivity contribution is 5.92. The van der Waals surface area contributed by atoms with E-state index in [2.05, 4.69) is 15.2 Å². The quantitative estimate of drug-likeness (QED) is 0.676. The standard InChI is InChI=1S/C20H18F3N5O/c21-20(22,23)16-8-4-5-9-18(16)28-14-17(24-25-28)19(29)27-12-10-26(11-13-27)15-6-2-1-3-7-15/h1-9,14H,10-13H2. The number of aromatic nitrogens is 3. The van der Waals surface area contributed by atoms with Crippen LogP contribution in [0.3, 0.4) is 0 Å². The predicted molar refractivity (Wildman–Crippen MR) is 101 cm³/mol. The normalized spacial score (nSPS) is 14.9. The van der Waals surface area contributed by atoms with Crippen molar-refractivity contribution >= 4 is 11.6 Å². The third kappa shape index (κ3) is 3.94. The molecule has 0 N–H and O–H groups in total. The van der Waals surface area contributed by atoms with E-state index in [1.165, 1.54) is 24.4 Å². The number of rotatable bonds is 3. The van der Waals surface area contributed by atoms with Crippen molar-refractivity contribution in [1.82, 2.24) is 19.9 Å². The Morgan fingerprint density at radius 2 is 1.55 bits per heavy atom. The van der Waals surface area contributed by atoms with E-state index in [1.807, 2.05) is 30.3 Å². The summed E-state index contributed by atoms with van der Waals surface area (Å²) in [5, 5.41) is 7.56. The average molecular weight is 401 g/mol. The maximum Gasteiger partial charge on any atom is 0.418 e. The van der Waals surface area contributed by atoms with E-state index in [0.717, 1.165) is 16.4 Å². The van der Waals surface area contributed by atoms with Gasteiger partial charge in [-0.15, -0.1) is 5.10 Å². The van der Waals surface area contributed by atoms with Crippen molar-refractivity contribution in [3.8, 4) is 5.69 Å². The Morgan fingerprint density at radius 3 is 2.24 bits per heavy atom. The molecule has 2 aromatic carbocycles. The number of benzene rings is 2. The maximum absolute atomic E-state index is 13.2. The van der Waals surface area contributed by atoms with Crippen molar-refractivity contribution in [3.05, 3.63) is 72.1 Å². The van der Waals surface area contributed by atoms with Crippen LogP contribution in [0.1, 0.15) is 16.1 Å². The van der Waals surface area contributed by atoms with Gasteiger partial charge in [0, 0.05) is 31.9 Å². The van der Waals surface area contributed by atoms with Gasteiger partial charge in [0.05, 0.1) is 17.4 Å². The minimum Gasteiger partial charge on any atom is -0.368 e. The van der Waals surface area contributed by atoms with Gasteiger partial charge in [-0.1, -0.05) is 35.5 Å². The van der Waals surface area contributed by atoms with Crippen LogP contribution in [0.25, 0.3) is 5.69 Å². The molecular formula is C20H18F3N5O. The van der Waals surface area contributed by atoms with Crippen molar-refractivity contribution in [2.75, 3.05) is 31.1 Å². The molecule has 0 atom stereocenters. The maximum atomic E-state index is 13.2. The Morgan fingerprint density at radius 1 is 0.897 bits per heavy atom. The van der Waals surface area contributed by atoms with Gasteiger partial charge in [-0.2, -0.15) is 13.2 Å². The molecule has 1 saturated heterocycles. The van der Waals surface area contributed by atoms with Gasteiger partial charge in [0.15, 0.2) is 5.69 Å². The predicted octanol–water partition coefficient (Wildman–Crippen LogP) is 3.25. The van der Waals surface area contributed by atoms with Crippen LogP contribution in [-0.2, 0) is 6.18 Å². The fraction of sp³-hybridized carbons (Fsp3) is 0.250. The molecule has 0 saturated carbocycles. The van der Waals surface area contributed by atoms with Gasteiger partial charge in [-0.05, 0) is 24.3 Å². The van der Waals surface area contributed by atoms with E-state index in [1.54, 1.807) is 4.90 Å². The fourth-order valence-corrected chi connectivity index (χ4v) is 3.36. The molecule has 150 valence electrons. The molecule has 0 spiro atoms. The number of hydrogen-bond acceptors (Lipinski definition) is 4. The molecule has 0 aliphatic carbocycles. The molecule has 9 heteroatoms. The summed E-state index contributed by atoms with van der Waals surface area (Å²) in [7, 11) is 0. The van der Waals surface area contributed by atoms with Crippen molar-refractivity contribution in [2.24, 2.45) is 0 Å². The monoisotopic (exact) mass is 401 g/mol. The van der Waals surface area contributed by atoms with Crippen molar-refractivity contribution in [2.45, 2.75) is 6.18 Å². The third-order valence-electron chi connectivity index (χ3n) is 4.86. The largest absolute Gasteiger partial charge is 0.418 e. The van der Waals surface area contributed by atoms with E-state index in [4.69, 9.17) is 0 Å². The second kappa shape index (κ2) is 7.57. The highest BCUT2D eigenvalue weighted by Crippen LogP contribution is 2.33. The summed E-state index contributed by atoms with van der Waals surface area (Å²) in [6, 6.07) is 15.0. The minimum atomic E-state index is -4.53. The summed E-state index contributed by atoms with van der Waals surface area (Å²) in [6.07, 6.45) is -3.28. The number of hydrogen-bond donors (Lipinski definition) is 0. The van der Waals surface area contributed by atoms with E-state index >= 15 is 0 Å². The fourth-order valence-electron chi connectivity index (χ4n) is 3.36. The number of carbonyl (C=O) groups excluding carboxylic acids is 1. The highest BCUT2D eigenvalue weighted by atomic mass is 19.4. The van der Waals surface area contributed by atoms with Gasteiger partial charge in [0.25, 0.3) is 5.91 Å². The molecule has 4 rings (SSSR count). The number of piperazine rings is 1. The van der Waals surface area contributed by atoms with E-state index < -0.39 is 11.7 Å². The summed E-state index contributed by atoms with van der Waals surface area (Å²) in [5.41, 5.74) is 0.116. The van der Waals surface area contributed by atoms with Crippen LogP contribution >= 0.6 is 0 Å². The van der Waals surface area contributed by atoms with Gasteiger partial charge in [-0.25, -0.2) is 4.68 Å². The molecule has 0 radical (unpaired) electrons. The Labute approximate surface area is 165 Å². The van der Waals surface area contributed by atoms with Crippen LogP contribution in [0.15, 0.2) is 60.8 Å². The van der Waals surface area contributed by atoms with Crippen LogP contribution in [0.5, 0.6) is 0 Å². The summed E-state index contributed by atoms with van der Waals surface area (Å²) >= 11 is 0.